The summed E-state index contributed by atoms with van der Waals surface area (Å²) in [6, 6.07) is 10.6. The van der Waals surface area contributed by atoms with Crippen LogP contribution < -0.4 is 12.4 Å². The topological polar surface area (TPSA) is 20.2 Å². The number of rotatable bonds is 13. The van der Waals surface area contributed by atoms with E-state index in [1.807, 2.05) is 18.2 Å². The number of likely N-dealkylation sites (tertiary alicyclic amines) is 1. The smallest absolute Gasteiger partial charge is 0.131 e. The standard InChI is InChI=1S/C24H42NO.ClH/c1-3-4-5-6-7-8-9-10-11-15-20-25(2)21-16-19-23(25)24(26)22-17-13-12-14-18-22;/h12-14,17-18,23-24,26H,3-11,15-16,19-21H2,1-2H3;1H/q+1;/p-1. The van der Waals surface area contributed by atoms with E-state index in [1.54, 1.807) is 0 Å². The van der Waals surface area contributed by atoms with Gasteiger partial charge in [0, 0.05) is 12.8 Å². The van der Waals surface area contributed by atoms with Crippen molar-refractivity contribution in [2.45, 2.75) is 96.1 Å². The van der Waals surface area contributed by atoms with Crippen LogP contribution in [0.25, 0.3) is 0 Å². The molecule has 156 valence electrons. The Kier molecular flexibility index (Phi) is 12.3. The van der Waals surface area contributed by atoms with Crippen LogP contribution in [0.3, 0.4) is 0 Å². The van der Waals surface area contributed by atoms with Gasteiger partial charge in [0.2, 0.25) is 0 Å². The van der Waals surface area contributed by atoms with Crippen molar-refractivity contribution in [2.24, 2.45) is 0 Å². The maximum absolute atomic E-state index is 10.9. The summed E-state index contributed by atoms with van der Waals surface area (Å²) < 4.78 is 1.06. The molecule has 3 atom stereocenters. The molecular formula is C24H42ClNO. The number of aliphatic hydroxyl groups is 1. The van der Waals surface area contributed by atoms with Crippen LogP contribution in [0.1, 0.15) is 95.6 Å². The molecule has 1 saturated heterocycles. The first-order valence-electron chi connectivity index (χ1n) is 11.2. The fraction of sp³-hybridized carbons (Fsp3) is 0.750. The Labute approximate surface area is 174 Å². The van der Waals surface area contributed by atoms with E-state index in [2.05, 4.69) is 26.1 Å². The molecule has 1 fully saturated rings. The molecule has 0 radical (unpaired) electrons. The average Bonchev–Trinajstić information content (AvgIpc) is 3.05. The Balaban J connectivity index is 0.00000364. The summed E-state index contributed by atoms with van der Waals surface area (Å²) in [5.74, 6) is 0. The maximum atomic E-state index is 10.9. The fourth-order valence-corrected chi connectivity index (χ4v) is 4.75. The first kappa shape index (κ1) is 24.5. The van der Waals surface area contributed by atoms with Crippen molar-refractivity contribution in [3.63, 3.8) is 0 Å². The van der Waals surface area contributed by atoms with Crippen LogP contribution in [-0.2, 0) is 0 Å². The van der Waals surface area contributed by atoms with Gasteiger partial charge in [-0.2, -0.15) is 0 Å². The lowest BCUT2D eigenvalue weighted by molar-refractivity contribution is -0.925. The minimum atomic E-state index is -0.313. The predicted molar refractivity (Wildman–Crippen MR) is 112 cm³/mol. The van der Waals surface area contributed by atoms with E-state index in [1.165, 1.54) is 83.7 Å². The third kappa shape index (κ3) is 8.13. The van der Waals surface area contributed by atoms with E-state index < -0.39 is 0 Å². The zero-order valence-electron chi connectivity index (χ0n) is 17.7. The number of halogens is 1. The lowest BCUT2D eigenvalue weighted by Crippen LogP contribution is -3.00. The highest BCUT2D eigenvalue weighted by Gasteiger charge is 2.42. The highest BCUT2D eigenvalue weighted by Crippen LogP contribution is 2.34. The zero-order chi connectivity index (χ0) is 18.7. The van der Waals surface area contributed by atoms with Crippen molar-refractivity contribution in [3.05, 3.63) is 35.9 Å². The summed E-state index contributed by atoms with van der Waals surface area (Å²) in [5, 5.41) is 10.9. The van der Waals surface area contributed by atoms with Gasteiger partial charge in [0.1, 0.15) is 12.1 Å². The van der Waals surface area contributed by atoms with Gasteiger partial charge in [0.25, 0.3) is 0 Å². The summed E-state index contributed by atoms with van der Waals surface area (Å²) in [7, 11) is 2.37. The number of aliphatic hydroxyl groups excluding tert-OH is 1. The van der Waals surface area contributed by atoms with Crippen molar-refractivity contribution in [2.75, 3.05) is 20.1 Å². The number of unbranched alkanes of at least 4 members (excludes halogenated alkanes) is 9. The predicted octanol–water partition coefficient (Wildman–Crippen LogP) is 3.25. The fourth-order valence-electron chi connectivity index (χ4n) is 4.75. The summed E-state index contributed by atoms with van der Waals surface area (Å²) in [4.78, 5) is 0. The van der Waals surface area contributed by atoms with Crippen LogP contribution in [0.5, 0.6) is 0 Å². The van der Waals surface area contributed by atoms with Gasteiger partial charge in [-0.15, -0.1) is 0 Å². The molecule has 3 heteroatoms. The Bertz CT molecular complexity index is 481. The van der Waals surface area contributed by atoms with Gasteiger partial charge in [-0.25, -0.2) is 0 Å². The largest absolute Gasteiger partial charge is 1.00 e. The number of hydrogen-bond donors (Lipinski definition) is 1. The summed E-state index contributed by atoms with van der Waals surface area (Å²) in [5.41, 5.74) is 1.09. The first-order chi connectivity index (χ1) is 12.7. The molecular weight excluding hydrogens is 354 g/mol. The summed E-state index contributed by atoms with van der Waals surface area (Å²) in [6.45, 7) is 4.74. The quantitative estimate of drug-likeness (QED) is 0.401. The molecule has 0 bridgehead atoms. The molecule has 1 aromatic carbocycles. The van der Waals surface area contributed by atoms with Crippen molar-refractivity contribution < 1.29 is 22.0 Å². The van der Waals surface area contributed by atoms with Gasteiger partial charge in [-0.3, -0.25) is 0 Å². The molecule has 0 saturated carbocycles. The van der Waals surface area contributed by atoms with E-state index in [9.17, 15) is 5.11 Å². The molecule has 2 nitrogen and oxygen atoms in total. The van der Waals surface area contributed by atoms with Gasteiger partial charge >= 0.3 is 0 Å². The Morgan fingerprint density at radius 2 is 1.48 bits per heavy atom. The molecule has 0 aromatic heterocycles. The number of quaternary nitrogens is 1. The Morgan fingerprint density at radius 3 is 2.07 bits per heavy atom. The molecule has 3 unspecified atom stereocenters. The third-order valence-corrected chi connectivity index (χ3v) is 6.50. The molecule has 1 N–H and O–H groups in total. The molecule has 0 spiro atoms. The average molecular weight is 396 g/mol. The molecule has 27 heavy (non-hydrogen) atoms. The molecule has 0 aliphatic carbocycles. The summed E-state index contributed by atoms with van der Waals surface area (Å²) >= 11 is 0. The monoisotopic (exact) mass is 395 g/mol. The van der Waals surface area contributed by atoms with Crippen LogP contribution in [-0.4, -0.2) is 35.8 Å². The number of benzene rings is 1. The van der Waals surface area contributed by atoms with Gasteiger partial charge in [-0.05, 0) is 18.4 Å². The van der Waals surface area contributed by atoms with Crippen LogP contribution in [0.2, 0.25) is 0 Å². The normalized spacial score (nSPS) is 23.1. The third-order valence-electron chi connectivity index (χ3n) is 6.50. The van der Waals surface area contributed by atoms with Crippen LogP contribution in [0, 0.1) is 0 Å². The second kappa shape index (κ2) is 13.6. The van der Waals surface area contributed by atoms with Crippen LogP contribution in [0.15, 0.2) is 30.3 Å². The van der Waals surface area contributed by atoms with Gasteiger partial charge in [0.15, 0.2) is 0 Å². The van der Waals surface area contributed by atoms with E-state index in [-0.39, 0.29) is 18.5 Å². The second-order valence-electron chi connectivity index (χ2n) is 8.67. The Morgan fingerprint density at radius 1 is 0.926 bits per heavy atom. The van der Waals surface area contributed by atoms with E-state index in [0.717, 1.165) is 16.5 Å². The lowest BCUT2D eigenvalue weighted by Gasteiger charge is -2.38. The van der Waals surface area contributed by atoms with Crippen molar-refractivity contribution >= 4 is 0 Å². The van der Waals surface area contributed by atoms with Gasteiger partial charge < -0.3 is 22.0 Å². The summed E-state index contributed by atoms with van der Waals surface area (Å²) in [6.07, 6.45) is 16.0. The van der Waals surface area contributed by atoms with Crippen molar-refractivity contribution in [1.29, 1.82) is 0 Å². The maximum Gasteiger partial charge on any atom is 0.131 e. The van der Waals surface area contributed by atoms with E-state index in [0.29, 0.717) is 6.04 Å². The number of likely N-dealkylation sites (N-methyl/N-ethyl adjacent to an activating group) is 1. The van der Waals surface area contributed by atoms with Crippen molar-refractivity contribution in [3.8, 4) is 0 Å². The Hall–Kier alpha value is -0.570. The molecule has 0 amide bonds. The highest BCUT2D eigenvalue weighted by atomic mass is 35.5. The minimum Gasteiger partial charge on any atom is -1.00 e. The number of hydrogen-bond acceptors (Lipinski definition) is 1. The van der Waals surface area contributed by atoms with Gasteiger partial charge in [-0.1, -0.05) is 88.6 Å². The minimum absolute atomic E-state index is 0. The zero-order valence-corrected chi connectivity index (χ0v) is 18.5. The van der Waals surface area contributed by atoms with Crippen molar-refractivity contribution in [1.82, 2.24) is 0 Å². The van der Waals surface area contributed by atoms with Gasteiger partial charge in [0.05, 0.1) is 20.1 Å². The van der Waals surface area contributed by atoms with E-state index >= 15 is 0 Å². The molecule has 1 aliphatic heterocycles. The molecule has 1 aromatic rings. The molecule has 1 heterocycles. The van der Waals surface area contributed by atoms with Crippen LogP contribution in [0.4, 0.5) is 0 Å². The first-order valence-corrected chi connectivity index (χ1v) is 11.2. The van der Waals surface area contributed by atoms with E-state index in [4.69, 9.17) is 0 Å². The van der Waals surface area contributed by atoms with Crippen LogP contribution >= 0.6 is 0 Å². The second-order valence-corrected chi connectivity index (χ2v) is 8.67. The highest BCUT2D eigenvalue weighted by molar-refractivity contribution is 5.18. The number of nitrogens with zero attached hydrogens (tertiary/aromatic N) is 1. The molecule has 1 aliphatic rings. The lowest BCUT2D eigenvalue weighted by atomic mass is 9.99. The SMILES string of the molecule is CCCCCCCCCCCC[N+]1(C)CCCC1C(O)c1ccccc1.[Cl-]. The molecule has 2 rings (SSSR count).